The van der Waals surface area contributed by atoms with Crippen molar-refractivity contribution in [3.63, 3.8) is 0 Å². The van der Waals surface area contributed by atoms with E-state index in [0.717, 1.165) is 12.1 Å². The third-order valence-corrected chi connectivity index (χ3v) is 3.66. The molecule has 3 nitrogen and oxygen atoms in total. The van der Waals surface area contributed by atoms with E-state index in [4.69, 9.17) is 11.6 Å². The van der Waals surface area contributed by atoms with Crippen LogP contribution >= 0.6 is 11.6 Å². The fourth-order valence-corrected chi connectivity index (χ4v) is 2.55. The maximum Gasteiger partial charge on any atom is 0.254 e. The first kappa shape index (κ1) is 14.1. The molecule has 1 amide bonds. The number of carbonyl (C=O) groups excluding carboxylic acids is 1. The molecular weight excluding hydrogens is 260 g/mol. The van der Waals surface area contributed by atoms with Gasteiger partial charge in [-0.3, -0.25) is 9.78 Å². The van der Waals surface area contributed by atoms with Crippen LogP contribution < -0.4 is 5.32 Å². The predicted octanol–water partition coefficient (Wildman–Crippen LogP) is 3.66. The second-order valence-electron chi connectivity index (χ2n) is 4.92. The summed E-state index contributed by atoms with van der Waals surface area (Å²) in [5.74, 6) is -0.145. The molecule has 0 aromatic carbocycles. The van der Waals surface area contributed by atoms with Gasteiger partial charge in [-0.2, -0.15) is 0 Å². The molecule has 0 bridgehead atoms. The minimum atomic E-state index is -0.145. The van der Waals surface area contributed by atoms with Gasteiger partial charge in [-0.05, 0) is 45.1 Å². The Labute approximate surface area is 119 Å². The summed E-state index contributed by atoms with van der Waals surface area (Å²) in [6, 6.07) is 1.71. The van der Waals surface area contributed by atoms with Gasteiger partial charge in [-0.15, -0.1) is 0 Å². The molecule has 0 atom stereocenters. The average molecular weight is 279 g/mol. The topological polar surface area (TPSA) is 42.0 Å². The minimum Gasteiger partial charge on any atom is -0.352 e. The molecule has 1 aliphatic carbocycles. The van der Waals surface area contributed by atoms with Gasteiger partial charge in [0.05, 0.1) is 10.6 Å². The van der Waals surface area contributed by atoms with Crippen LogP contribution in [0.2, 0.25) is 5.02 Å². The number of allylic oxidation sites excluding steroid dienone is 1. The standard InChI is InChI=1S/C15H19ClN2O/c1-11-9-14(16)13(10-18-11)15(19)17-8-7-12-5-3-2-4-6-12/h5,9-10H,2-4,6-8H2,1H3,(H,17,19). The highest BCUT2D eigenvalue weighted by Crippen LogP contribution is 2.19. The zero-order valence-corrected chi connectivity index (χ0v) is 12.0. The fourth-order valence-electron chi connectivity index (χ4n) is 2.26. The van der Waals surface area contributed by atoms with Crippen molar-refractivity contribution in [2.45, 2.75) is 39.0 Å². The number of rotatable bonds is 4. The SMILES string of the molecule is Cc1cc(Cl)c(C(=O)NCCC2=CCCCC2)cn1. The first-order valence-electron chi connectivity index (χ1n) is 6.75. The summed E-state index contributed by atoms with van der Waals surface area (Å²) in [5, 5.41) is 3.36. The van der Waals surface area contributed by atoms with Gasteiger partial charge in [0, 0.05) is 18.4 Å². The number of carbonyl (C=O) groups is 1. The third-order valence-electron chi connectivity index (χ3n) is 3.35. The Morgan fingerprint density at radius 1 is 1.47 bits per heavy atom. The van der Waals surface area contributed by atoms with E-state index in [1.54, 1.807) is 6.07 Å². The molecule has 19 heavy (non-hydrogen) atoms. The van der Waals surface area contributed by atoms with Crippen molar-refractivity contribution in [3.8, 4) is 0 Å². The molecule has 0 spiro atoms. The number of aromatic nitrogens is 1. The molecule has 1 heterocycles. The van der Waals surface area contributed by atoms with Crippen LogP contribution in [0.5, 0.6) is 0 Å². The largest absolute Gasteiger partial charge is 0.352 e. The molecule has 1 aliphatic rings. The fraction of sp³-hybridized carbons (Fsp3) is 0.467. The van der Waals surface area contributed by atoms with Crippen LogP contribution in [0, 0.1) is 6.92 Å². The maximum absolute atomic E-state index is 12.0. The summed E-state index contributed by atoms with van der Waals surface area (Å²) < 4.78 is 0. The first-order chi connectivity index (χ1) is 9.16. The maximum atomic E-state index is 12.0. The molecule has 102 valence electrons. The molecule has 0 radical (unpaired) electrons. The van der Waals surface area contributed by atoms with Crippen LogP contribution in [-0.2, 0) is 0 Å². The lowest BCUT2D eigenvalue weighted by Gasteiger charge is -2.13. The highest BCUT2D eigenvalue weighted by atomic mass is 35.5. The van der Waals surface area contributed by atoms with E-state index in [1.165, 1.54) is 37.5 Å². The first-order valence-corrected chi connectivity index (χ1v) is 7.13. The van der Waals surface area contributed by atoms with Crippen molar-refractivity contribution in [1.82, 2.24) is 10.3 Å². The summed E-state index contributed by atoms with van der Waals surface area (Å²) in [6.07, 6.45) is 9.68. The number of aryl methyl sites for hydroxylation is 1. The number of hydrogen-bond acceptors (Lipinski definition) is 2. The van der Waals surface area contributed by atoms with Gasteiger partial charge in [0.15, 0.2) is 0 Å². The second-order valence-corrected chi connectivity index (χ2v) is 5.33. The van der Waals surface area contributed by atoms with Crippen LogP contribution in [0.3, 0.4) is 0 Å². The van der Waals surface area contributed by atoms with Crippen molar-refractivity contribution in [3.05, 3.63) is 40.2 Å². The summed E-state index contributed by atoms with van der Waals surface area (Å²) in [6.45, 7) is 2.51. The number of nitrogens with zero attached hydrogens (tertiary/aromatic N) is 1. The molecule has 1 N–H and O–H groups in total. The van der Waals surface area contributed by atoms with Crippen LogP contribution in [0.25, 0.3) is 0 Å². The normalized spacial score (nSPS) is 14.9. The number of amides is 1. The van der Waals surface area contributed by atoms with E-state index < -0.39 is 0 Å². The van der Waals surface area contributed by atoms with Gasteiger partial charge in [0.1, 0.15) is 0 Å². The highest BCUT2D eigenvalue weighted by molar-refractivity contribution is 6.33. The lowest BCUT2D eigenvalue weighted by atomic mass is 9.97. The Morgan fingerprint density at radius 2 is 2.32 bits per heavy atom. The molecule has 0 saturated heterocycles. The lowest BCUT2D eigenvalue weighted by molar-refractivity contribution is 0.0954. The Hall–Kier alpha value is -1.35. The predicted molar refractivity (Wildman–Crippen MR) is 77.5 cm³/mol. The Morgan fingerprint density at radius 3 is 3.00 bits per heavy atom. The minimum absolute atomic E-state index is 0.145. The second kappa shape index (κ2) is 6.71. The van der Waals surface area contributed by atoms with Gasteiger partial charge < -0.3 is 5.32 Å². The monoisotopic (exact) mass is 278 g/mol. The smallest absolute Gasteiger partial charge is 0.254 e. The summed E-state index contributed by atoms with van der Waals surface area (Å²) in [7, 11) is 0. The summed E-state index contributed by atoms with van der Waals surface area (Å²) >= 11 is 6.04. The molecule has 0 aliphatic heterocycles. The molecule has 0 fully saturated rings. The molecule has 0 saturated carbocycles. The summed E-state index contributed by atoms with van der Waals surface area (Å²) in [4.78, 5) is 16.1. The zero-order chi connectivity index (χ0) is 13.7. The average Bonchev–Trinajstić information content (AvgIpc) is 2.39. The number of halogens is 1. The van der Waals surface area contributed by atoms with Gasteiger partial charge in [-0.1, -0.05) is 23.3 Å². The van der Waals surface area contributed by atoms with E-state index >= 15 is 0 Å². The Kier molecular flexibility index (Phi) is 4.97. The quantitative estimate of drug-likeness (QED) is 0.854. The van der Waals surface area contributed by atoms with Gasteiger partial charge in [-0.25, -0.2) is 0 Å². The van der Waals surface area contributed by atoms with E-state index in [-0.39, 0.29) is 5.91 Å². The van der Waals surface area contributed by atoms with Crippen molar-refractivity contribution < 1.29 is 4.79 Å². The zero-order valence-electron chi connectivity index (χ0n) is 11.2. The van der Waals surface area contributed by atoms with Gasteiger partial charge >= 0.3 is 0 Å². The van der Waals surface area contributed by atoms with Gasteiger partial charge in [0.2, 0.25) is 0 Å². The molecule has 1 aromatic heterocycles. The van der Waals surface area contributed by atoms with Crippen molar-refractivity contribution >= 4 is 17.5 Å². The van der Waals surface area contributed by atoms with Crippen LogP contribution in [0.4, 0.5) is 0 Å². The van der Waals surface area contributed by atoms with Crippen molar-refractivity contribution in [2.75, 3.05) is 6.54 Å². The Balaban J connectivity index is 1.85. The lowest BCUT2D eigenvalue weighted by Crippen LogP contribution is -2.25. The van der Waals surface area contributed by atoms with Crippen molar-refractivity contribution in [1.29, 1.82) is 0 Å². The number of nitrogens with one attached hydrogen (secondary N) is 1. The number of hydrogen-bond donors (Lipinski definition) is 1. The number of pyridine rings is 1. The van der Waals surface area contributed by atoms with E-state index in [9.17, 15) is 4.79 Å². The molecule has 1 aromatic rings. The van der Waals surface area contributed by atoms with E-state index in [0.29, 0.717) is 17.1 Å². The van der Waals surface area contributed by atoms with Crippen LogP contribution in [0.15, 0.2) is 23.9 Å². The molecule has 2 rings (SSSR count). The summed E-state index contributed by atoms with van der Waals surface area (Å²) in [5.41, 5.74) is 2.72. The molecular formula is C15H19ClN2O. The Bertz CT molecular complexity index is 497. The van der Waals surface area contributed by atoms with E-state index in [2.05, 4.69) is 16.4 Å². The highest BCUT2D eigenvalue weighted by Gasteiger charge is 2.11. The van der Waals surface area contributed by atoms with Crippen LogP contribution in [-0.4, -0.2) is 17.4 Å². The molecule has 0 unspecified atom stereocenters. The van der Waals surface area contributed by atoms with Gasteiger partial charge in [0.25, 0.3) is 5.91 Å². The van der Waals surface area contributed by atoms with Crippen molar-refractivity contribution in [2.24, 2.45) is 0 Å². The van der Waals surface area contributed by atoms with Crippen LogP contribution in [0.1, 0.15) is 48.2 Å². The molecule has 4 heteroatoms. The third kappa shape index (κ3) is 4.06. The van der Waals surface area contributed by atoms with E-state index in [1.807, 2.05) is 6.92 Å².